The first-order valence-corrected chi connectivity index (χ1v) is 7.14. The first-order valence-electron chi connectivity index (χ1n) is 7.14. The van der Waals surface area contributed by atoms with Crippen LogP contribution >= 0.6 is 0 Å². The first kappa shape index (κ1) is 15.8. The van der Waals surface area contributed by atoms with Gasteiger partial charge in [-0.05, 0) is 12.1 Å². The van der Waals surface area contributed by atoms with E-state index in [1.54, 1.807) is 6.26 Å². The van der Waals surface area contributed by atoms with Crippen LogP contribution in [0.5, 0.6) is 0 Å². The average Bonchev–Trinajstić information content (AvgIpc) is 3.05. The summed E-state index contributed by atoms with van der Waals surface area (Å²) in [7, 11) is 1.47. The Bertz CT molecular complexity index is 596. The van der Waals surface area contributed by atoms with Gasteiger partial charge in [0.1, 0.15) is 5.76 Å². The average molecular weight is 302 g/mol. The molecular weight excluding hydrogens is 282 g/mol. The minimum Gasteiger partial charge on any atom is -0.469 e. The lowest BCUT2D eigenvalue weighted by molar-refractivity contribution is -0.682. The topological polar surface area (TPSA) is 88.0 Å². The summed E-state index contributed by atoms with van der Waals surface area (Å²) in [6.07, 6.45) is 2.34. The molecule has 0 saturated heterocycles. The van der Waals surface area contributed by atoms with Crippen molar-refractivity contribution < 1.29 is 19.3 Å². The molecule has 3 amide bonds. The summed E-state index contributed by atoms with van der Waals surface area (Å²) >= 11 is 0. The second kappa shape index (κ2) is 7.99. The number of nitrogens with two attached hydrogens (primary N) is 1. The van der Waals surface area contributed by atoms with E-state index in [1.165, 1.54) is 7.05 Å². The van der Waals surface area contributed by atoms with Gasteiger partial charge in [0, 0.05) is 12.6 Å². The molecule has 2 rings (SSSR count). The van der Waals surface area contributed by atoms with Crippen LogP contribution in [0, 0.1) is 0 Å². The van der Waals surface area contributed by atoms with Crippen molar-refractivity contribution in [3.8, 4) is 0 Å². The van der Waals surface area contributed by atoms with Crippen molar-refractivity contribution in [3.63, 3.8) is 0 Å². The lowest BCUT2D eigenvalue weighted by Gasteiger charge is -2.15. The molecule has 0 unspecified atom stereocenters. The molecular formula is C16H20N3O3+. The molecule has 0 aliphatic heterocycles. The molecule has 0 radical (unpaired) electrons. The van der Waals surface area contributed by atoms with Crippen LogP contribution in [0.25, 0.3) is 0 Å². The molecule has 6 heteroatoms. The minimum absolute atomic E-state index is 0.343. The summed E-state index contributed by atoms with van der Waals surface area (Å²) < 4.78 is 5.28. The van der Waals surface area contributed by atoms with E-state index in [9.17, 15) is 9.59 Å². The van der Waals surface area contributed by atoms with E-state index in [4.69, 9.17) is 4.42 Å². The van der Waals surface area contributed by atoms with Gasteiger partial charge < -0.3 is 15.1 Å². The Hall–Kier alpha value is -2.60. The number of quaternary nitrogens is 1. The van der Waals surface area contributed by atoms with Gasteiger partial charge in [-0.2, -0.15) is 0 Å². The van der Waals surface area contributed by atoms with Crippen molar-refractivity contribution in [1.82, 2.24) is 10.6 Å². The van der Waals surface area contributed by atoms with Crippen molar-refractivity contribution in [1.29, 1.82) is 0 Å². The standard InChI is InChI=1S/C16H19N3O3/c1-17-16(21)19-15(20)14(12-6-3-2-4-7-12)18-10-9-13-8-5-11-22-13/h2-8,11,14,18H,9-10H2,1H3,(H2,17,19,20,21)/p+1/t14-/m1/s1. The van der Waals surface area contributed by atoms with Crippen molar-refractivity contribution in [2.45, 2.75) is 12.5 Å². The molecule has 1 atom stereocenters. The molecule has 1 aromatic carbocycles. The van der Waals surface area contributed by atoms with Crippen LogP contribution in [0.4, 0.5) is 4.79 Å². The number of nitrogens with one attached hydrogen (secondary N) is 2. The predicted octanol–water partition coefficient (Wildman–Crippen LogP) is 0.582. The molecule has 116 valence electrons. The number of rotatable bonds is 6. The van der Waals surface area contributed by atoms with Gasteiger partial charge >= 0.3 is 6.03 Å². The Kier molecular flexibility index (Phi) is 5.73. The zero-order chi connectivity index (χ0) is 15.8. The van der Waals surface area contributed by atoms with Gasteiger partial charge in [0.25, 0.3) is 5.91 Å². The van der Waals surface area contributed by atoms with Gasteiger partial charge in [-0.15, -0.1) is 0 Å². The third kappa shape index (κ3) is 4.46. The smallest absolute Gasteiger partial charge is 0.321 e. The summed E-state index contributed by atoms with van der Waals surface area (Å²) in [4.78, 5) is 23.6. The summed E-state index contributed by atoms with van der Waals surface area (Å²) in [5, 5.41) is 6.61. The van der Waals surface area contributed by atoms with Crippen LogP contribution < -0.4 is 16.0 Å². The molecule has 0 aliphatic carbocycles. The zero-order valence-corrected chi connectivity index (χ0v) is 12.4. The van der Waals surface area contributed by atoms with Crippen LogP contribution in [-0.4, -0.2) is 25.5 Å². The number of hydrogen-bond donors (Lipinski definition) is 3. The van der Waals surface area contributed by atoms with E-state index in [0.717, 1.165) is 11.3 Å². The van der Waals surface area contributed by atoms with Gasteiger partial charge in [-0.3, -0.25) is 10.1 Å². The number of hydrogen-bond acceptors (Lipinski definition) is 3. The number of carbonyl (C=O) groups is 2. The Morgan fingerprint density at radius 2 is 1.95 bits per heavy atom. The quantitative estimate of drug-likeness (QED) is 0.729. The van der Waals surface area contributed by atoms with Crippen LogP contribution in [0.3, 0.4) is 0 Å². The number of furan rings is 1. The van der Waals surface area contributed by atoms with E-state index in [2.05, 4.69) is 10.6 Å². The molecule has 1 aromatic heterocycles. The van der Waals surface area contributed by atoms with Gasteiger partial charge in [0.05, 0.1) is 19.2 Å². The molecule has 1 heterocycles. The SMILES string of the molecule is CNC(=O)NC(=O)[C@H]([NH2+]CCc1ccco1)c1ccccc1. The monoisotopic (exact) mass is 302 g/mol. The highest BCUT2D eigenvalue weighted by molar-refractivity contribution is 5.96. The van der Waals surface area contributed by atoms with Crippen LogP contribution in [0.1, 0.15) is 17.4 Å². The third-order valence-electron chi connectivity index (χ3n) is 3.28. The molecule has 22 heavy (non-hydrogen) atoms. The third-order valence-corrected chi connectivity index (χ3v) is 3.28. The maximum atomic E-state index is 12.3. The molecule has 0 fully saturated rings. The van der Waals surface area contributed by atoms with Gasteiger partial charge in [0.15, 0.2) is 6.04 Å². The fourth-order valence-electron chi connectivity index (χ4n) is 2.15. The lowest BCUT2D eigenvalue weighted by Crippen LogP contribution is -2.88. The number of imide groups is 1. The minimum atomic E-state index is -0.509. The van der Waals surface area contributed by atoms with E-state index in [1.807, 2.05) is 47.8 Å². The summed E-state index contributed by atoms with van der Waals surface area (Å²) in [5.41, 5.74) is 0.850. The van der Waals surface area contributed by atoms with Crippen LogP contribution in [0.15, 0.2) is 53.1 Å². The largest absolute Gasteiger partial charge is 0.469 e. The maximum Gasteiger partial charge on any atom is 0.321 e. The highest BCUT2D eigenvalue weighted by Crippen LogP contribution is 2.08. The van der Waals surface area contributed by atoms with Crippen molar-refractivity contribution in [2.24, 2.45) is 0 Å². The predicted molar refractivity (Wildman–Crippen MR) is 81.0 cm³/mol. The number of amides is 3. The second-order valence-corrected chi connectivity index (χ2v) is 4.81. The second-order valence-electron chi connectivity index (χ2n) is 4.81. The molecule has 0 aliphatic rings. The van der Waals surface area contributed by atoms with Crippen molar-refractivity contribution in [2.75, 3.05) is 13.6 Å². The molecule has 2 aromatic rings. The van der Waals surface area contributed by atoms with Crippen molar-refractivity contribution in [3.05, 3.63) is 60.1 Å². The van der Waals surface area contributed by atoms with Gasteiger partial charge in [0.2, 0.25) is 0 Å². The van der Waals surface area contributed by atoms with Crippen LogP contribution in [-0.2, 0) is 11.2 Å². The van der Waals surface area contributed by atoms with E-state index >= 15 is 0 Å². The summed E-state index contributed by atoms with van der Waals surface area (Å²) in [6, 6.07) is 12.1. The van der Waals surface area contributed by atoms with E-state index in [-0.39, 0.29) is 5.91 Å². The van der Waals surface area contributed by atoms with Gasteiger partial charge in [-0.1, -0.05) is 30.3 Å². The lowest BCUT2D eigenvalue weighted by atomic mass is 10.1. The fraction of sp³-hybridized carbons (Fsp3) is 0.250. The Morgan fingerprint density at radius 3 is 2.59 bits per heavy atom. The van der Waals surface area contributed by atoms with E-state index in [0.29, 0.717) is 13.0 Å². The zero-order valence-electron chi connectivity index (χ0n) is 12.4. The Morgan fingerprint density at radius 1 is 1.18 bits per heavy atom. The van der Waals surface area contributed by atoms with Gasteiger partial charge in [-0.25, -0.2) is 4.79 Å². The molecule has 0 bridgehead atoms. The molecule has 0 saturated carbocycles. The van der Waals surface area contributed by atoms with Crippen molar-refractivity contribution >= 4 is 11.9 Å². The summed E-state index contributed by atoms with van der Waals surface area (Å²) in [5.74, 6) is 0.528. The maximum absolute atomic E-state index is 12.3. The number of carbonyl (C=O) groups excluding carboxylic acids is 2. The summed E-state index contributed by atoms with van der Waals surface area (Å²) in [6.45, 7) is 0.675. The fourth-order valence-corrected chi connectivity index (χ4v) is 2.15. The van der Waals surface area contributed by atoms with E-state index < -0.39 is 12.1 Å². The first-order chi connectivity index (χ1) is 10.7. The highest BCUT2D eigenvalue weighted by Gasteiger charge is 2.25. The normalized spacial score (nSPS) is 11.7. The van der Waals surface area contributed by atoms with Crippen LogP contribution in [0.2, 0.25) is 0 Å². The number of benzene rings is 1. The number of urea groups is 1. The highest BCUT2D eigenvalue weighted by atomic mass is 16.3. The Labute approximate surface area is 128 Å². The molecule has 0 spiro atoms. The molecule has 6 nitrogen and oxygen atoms in total. The molecule has 4 N–H and O–H groups in total. The Balaban J connectivity index is 2.01.